The summed E-state index contributed by atoms with van der Waals surface area (Å²) in [6.07, 6.45) is 0.257. The van der Waals surface area contributed by atoms with Crippen molar-refractivity contribution in [3.05, 3.63) is 29.3 Å². The molecular formula is C10H8ClNOS. The van der Waals surface area contributed by atoms with Gasteiger partial charge in [-0.2, -0.15) is 5.26 Å². The first-order chi connectivity index (χ1) is 6.65. The summed E-state index contributed by atoms with van der Waals surface area (Å²) in [5.74, 6) is -0.0620. The van der Waals surface area contributed by atoms with Gasteiger partial charge in [-0.3, -0.25) is 4.79 Å². The van der Waals surface area contributed by atoms with Crippen molar-refractivity contribution in [3.63, 3.8) is 0 Å². The van der Waals surface area contributed by atoms with E-state index in [1.807, 2.05) is 6.07 Å². The van der Waals surface area contributed by atoms with Crippen LogP contribution in [0.3, 0.4) is 0 Å². The topological polar surface area (TPSA) is 40.9 Å². The normalized spacial score (nSPS) is 9.50. The van der Waals surface area contributed by atoms with Crippen molar-refractivity contribution in [2.45, 2.75) is 11.3 Å². The molecule has 0 amide bonds. The van der Waals surface area contributed by atoms with E-state index in [0.717, 1.165) is 5.56 Å². The first-order valence-electron chi connectivity index (χ1n) is 3.96. The smallest absolute Gasteiger partial charge is 0.151 e. The van der Waals surface area contributed by atoms with Gasteiger partial charge in [0.25, 0.3) is 0 Å². The van der Waals surface area contributed by atoms with Crippen LogP contribution < -0.4 is 0 Å². The summed E-state index contributed by atoms with van der Waals surface area (Å²) in [5, 5.41) is 8.68. The minimum Gasteiger partial charge on any atom is -0.298 e. The first kappa shape index (κ1) is 11.1. The third-order valence-corrected chi connectivity index (χ3v) is 2.21. The van der Waals surface area contributed by atoms with Crippen molar-refractivity contribution in [1.29, 1.82) is 5.26 Å². The van der Waals surface area contributed by atoms with Gasteiger partial charge in [-0.15, -0.1) is 24.2 Å². The molecule has 72 valence electrons. The summed E-state index contributed by atoms with van der Waals surface area (Å²) in [6, 6.07) is 7.09. The highest BCUT2D eigenvalue weighted by molar-refractivity contribution is 7.80. The molecule has 0 saturated heterocycles. The highest BCUT2D eigenvalue weighted by Crippen LogP contribution is 2.13. The van der Waals surface area contributed by atoms with Gasteiger partial charge in [-0.25, -0.2) is 0 Å². The van der Waals surface area contributed by atoms with Crippen LogP contribution in [0.5, 0.6) is 0 Å². The molecule has 0 spiro atoms. The zero-order valence-electron chi connectivity index (χ0n) is 7.33. The maximum atomic E-state index is 11.1. The van der Waals surface area contributed by atoms with Gasteiger partial charge in [-0.1, -0.05) is 0 Å². The van der Waals surface area contributed by atoms with E-state index >= 15 is 0 Å². The zero-order valence-corrected chi connectivity index (χ0v) is 8.98. The molecule has 0 aromatic heterocycles. The van der Waals surface area contributed by atoms with Gasteiger partial charge in [0.1, 0.15) is 0 Å². The van der Waals surface area contributed by atoms with Gasteiger partial charge >= 0.3 is 0 Å². The van der Waals surface area contributed by atoms with E-state index in [9.17, 15) is 4.79 Å². The molecule has 1 rings (SSSR count). The highest BCUT2D eigenvalue weighted by atomic mass is 35.5. The molecule has 0 heterocycles. The Morgan fingerprint density at radius 2 is 2.21 bits per heavy atom. The second-order valence-electron chi connectivity index (χ2n) is 2.85. The van der Waals surface area contributed by atoms with Crippen LogP contribution in [0.2, 0.25) is 0 Å². The van der Waals surface area contributed by atoms with Crippen LogP contribution in [0.4, 0.5) is 0 Å². The maximum absolute atomic E-state index is 11.1. The quantitative estimate of drug-likeness (QED) is 0.633. The molecule has 1 aromatic carbocycles. The van der Waals surface area contributed by atoms with E-state index in [1.54, 1.807) is 18.2 Å². The predicted molar refractivity (Wildman–Crippen MR) is 57.8 cm³/mol. The summed E-state index contributed by atoms with van der Waals surface area (Å²) in [5.41, 5.74) is 1.29. The number of benzene rings is 1. The van der Waals surface area contributed by atoms with E-state index in [2.05, 4.69) is 12.6 Å². The molecule has 0 fully saturated rings. The molecule has 0 N–H and O–H groups in total. The summed E-state index contributed by atoms with van der Waals surface area (Å²) >= 11 is 9.52. The standard InChI is InChI=1S/C10H8ClNOS/c11-5-9(13)2-7-1-8(6-12)4-10(14)3-7/h1,3-4,14H,2,5H2. The fraction of sp³-hybridized carbons (Fsp3) is 0.200. The molecule has 14 heavy (non-hydrogen) atoms. The van der Waals surface area contributed by atoms with Crippen molar-refractivity contribution in [2.75, 3.05) is 5.88 Å². The SMILES string of the molecule is N#Cc1cc(S)cc(CC(=O)CCl)c1. The molecule has 2 nitrogen and oxygen atoms in total. The van der Waals surface area contributed by atoms with Gasteiger partial charge in [0, 0.05) is 11.3 Å². The molecule has 0 radical (unpaired) electrons. The largest absolute Gasteiger partial charge is 0.298 e. The molecule has 1 aromatic rings. The monoisotopic (exact) mass is 225 g/mol. The second kappa shape index (κ2) is 5.04. The van der Waals surface area contributed by atoms with E-state index in [1.165, 1.54) is 0 Å². The number of carbonyl (C=O) groups is 1. The number of hydrogen-bond acceptors (Lipinski definition) is 3. The number of nitriles is 1. The average molecular weight is 226 g/mol. The fourth-order valence-corrected chi connectivity index (χ4v) is 1.51. The summed E-state index contributed by atoms with van der Waals surface area (Å²) in [4.78, 5) is 11.7. The van der Waals surface area contributed by atoms with Crippen molar-refractivity contribution < 1.29 is 4.79 Å². The number of hydrogen-bond donors (Lipinski definition) is 1. The molecule has 0 saturated carbocycles. The van der Waals surface area contributed by atoms with E-state index in [0.29, 0.717) is 10.5 Å². The second-order valence-corrected chi connectivity index (χ2v) is 3.63. The van der Waals surface area contributed by atoms with Crippen LogP contribution in [0.1, 0.15) is 11.1 Å². The minimum atomic E-state index is -0.0607. The number of rotatable bonds is 3. The summed E-state index contributed by atoms with van der Waals surface area (Å²) in [7, 11) is 0. The predicted octanol–water partition coefficient (Wildman–Crippen LogP) is 2.20. The third-order valence-electron chi connectivity index (χ3n) is 1.66. The number of thiol groups is 1. The number of alkyl halides is 1. The Kier molecular flexibility index (Phi) is 3.99. The van der Waals surface area contributed by atoms with E-state index in [4.69, 9.17) is 16.9 Å². The Hall–Kier alpha value is -0.980. The highest BCUT2D eigenvalue weighted by Gasteiger charge is 2.04. The Bertz CT molecular complexity index is 398. The number of halogens is 1. The molecular weight excluding hydrogens is 218 g/mol. The van der Waals surface area contributed by atoms with Gasteiger partial charge < -0.3 is 0 Å². The minimum absolute atomic E-state index is 0.00130. The average Bonchev–Trinajstić information content (AvgIpc) is 2.16. The van der Waals surface area contributed by atoms with Crippen LogP contribution in [0.15, 0.2) is 23.1 Å². The van der Waals surface area contributed by atoms with Crippen LogP contribution in [-0.4, -0.2) is 11.7 Å². The molecule has 0 bridgehead atoms. The van der Waals surface area contributed by atoms with Crippen molar-refractivity contribution in [2.24, 2.45) is 0 Å². The lowest BCUT2D eigenvalue weighted by Crippen LogP contribution is -2.03. The number of nitrogens with zero attached hydrogens (tertiary/aromatic N) is 1. The van der Waals surface area contributed by atoms with Crippen LogP contribution in [0, 0.1) is 11.3 Å². The Labute approximate surface area is 92.9 Å². The third kappa shape index (κ3) is 3.06. The maximum Gasteiger partial charge on any atom is 0.151 e. The Morgan fingerprint density at radius 1 is 1.50 bits per heavy atom. The zero-order chi connectivity index (χ0) is 10.6. The van der Waals surface area contributed by atoms with Crippen LogP contribution >= 0.6 is 24.2 Å². The Morgan fingerprint density at radius 3 is 2.79 bits per heavy atom. The summed E-state index contributed by atoms with van der Waals surface area (Å²) < 4.78 is 0. The lowest BCUT2D eigenvalue weighted by Gasteiger charge is -2.00. The van der Waals surface area contributed by atoms with Crippen molar-refractivity contribution in [1.82, 2.24) is 0 Å². The van der Waals surface area contributed by atoms with Crippen LogP contribution in [0.25, 0.3) is 0 Å². The van der Waals surface area contributed by atoms with E-state index in [-0.39, 0.29) is 18.1 Å². The van der Waals surface area contributed by atoms with Crippen molar-refractivity contribution >= 4 is 30.0 Å². The number of ketones is 1. The number of Topliss-reactive ketones (excluding diaryl/α,β-unsaturated/α-hetero) is 1. The lowest BCUT2D eigenvalue weighted by atomic mass is 10.1. The summed E-state index contributed by atoms with van der Waals surface area (Å²) in [6.45, 7) is 0. The van der Waals surface area contributed by atoms with Crippen LogP contribution in [-0.2, 0) is 11.2 Å². The molecule has 0 aliphatic carbocycles. The van der Waals surface area contributed by atoms with E-state index < -0.39 is 0 Å². The van der Waals surface area contributed by atoms with Gasteiger partial charge in [0.2, 0.25) is 0 Å². The van der Waals surface area contributed by atoms with Gasteiger partial charge in [0.05, 0.1) is 17.5 Å². The lowest BCUT2D eigenvalue weighted by molar-refractivity contribution is -0.116. The Balaban J connectivity index is 2.93. The van der Waals surface area contributed by atoms with Gasteiger partial charge in [0.15, 0.2) is 5.78 Å². The fourth-order valence-electron chi connectivity index (χ4n) is 1.12. The molecule has 4 heteroatoms. The molecule has 0 atom stereocenters. The number of carbonyl (C=O) groups excluding carboxylic acids is 1. The first-order valence-corrected chi connectivity index (χ1v) is 4.94. The molecule has 0 aliphatic rings. The van der Waals surface area contributed by atoms with Crippen molar-refractivity contribution in [3.8, 4) is 6.07 Å². The molecule has 0 aliphatic heterocycles. The molecule has 0 unspecified atom stereocenters. The van der Waals surface area contributed by atoms with Gasteiger partial charge in [-0.05, 0) is 23.8 Å².